The Morgan fingerprint density at radius 2 is 1.96 bits per heavy atom. The topological polar surface area (TPSA) is 62.5 Å². The SMILES string of the molecule is CCNC(=NCc1ccon1)NC(C)c1ccc2ccccc2c1.I. The van der Waals surface area contributed by atoms with Crippen LogP contribution in [0.1, 0.15) is 31.1 Å². The minimum absolute atomic E-state index is 0. The summed E-state index contributed by atoms with van der Waals surface area (Å²) >= 11 is 0. The van der Waals surface area contributed by atoms with Crippen LogP contribution < -0.4 is 10.6 Å². The number of fused-ring (bicyclic) bond motifs is 1. The molecule has 2 aromatic carbocycles. The maximum atomic E-state index is 4.84. The zero-order chi connectivity index (χ0) is 16.8. The Kier molecular flexibility index (Phi) is 7.24. The highest BCUT2D eigenvalue weighted by molar-refractivity contribution is 14.0. The number of guanidine groups is 1. The van der Waals surface area contributed by atoms with E-state index in [-0.39, 0.29) is 30.0 Å². The van der Waals surface area contributed by atoms with Gasteiger partial charge < -0.3 is 15.2 Å². The van der Waals surface area contributed by atoms with Crippen molar-refractivity contribution in [2.45, 2.75) is 26.4 Å². The predicted octanol–water partition coefficient (Wildman–Crippen LogP) is 4.26. The first-order chi connectivity index (χ1) is 11.8. The summed E-state index contributed by atoms with van der Waals surface area (Å²) < 4.78 is 4.84. The van der Waals surface area contributed by atoms with Gasteiger partial charge in [-0.3, -0.25) is 0 Å². The Morgan fingerprint density at radius 1 is 1.16 bits per heavy atom. The molecule has 5 nitrogen and oxygen atoms in total. The molecule has 1 heterocycles. The van der Waals surface area contributed by atoms with Crippen molar-refractivity contribution in [1.82, 2.24) is 15.8 Å². The van der Waals surface area contributed by atoms with Gasteiger partial charge in [0.2, 0.25) is 0 Å². The number of halogens is 1. The molecular weight excluding hydrogens is 427 g/mol. The number of nitrogens with one attached hydrogen (secondary N) is 2. The Balaban J connectivity index is 0.00000225. The van der Waals surface area contributed by atoms with Gasteiger partial charge in [-0.05, 0) is 36.2 Å². The predicted molar refractivity (Wildman–Crippen MR) is 112 cm³/mol. The summed E-state index contributed by atoms with van der Waals surface area (Å²) in [5.74, 6) is 0.765. The van der Waals surface area contributed by atoms with Gasteiger partial charge in [0.1, 0.15) is 12.0 Å². The van der Waals surface area contributed by atoms with Gasteiger partial charge in [-0.1, -0.05) is 41.6 Å². The first kappa shape index (κ1) is 19.2. The lowest BCUT2D eigenvalue weighted by atomic mass is 10.0. The first-order valence-corrected chi connectivity index (χ1v) is 8.19. The normalized spacial score (nSPS) is 12.5. The molecule has 0 aliphatic carbocycles. The molecule has 1 aromatic heterocycles. The number of hydrogen-bond donors (Lipinski definition) is 2. The summed E-state index contributed by atoms with van der Waals surface area (Å²) in [5, 5.41) is 13.1. The Bertz CT molecular complexity index is 817. The second kappa shape index (κ2) is 9.41. The van der Waals surface area contributed by atoms with Crippen molar-refractivity contribution in [2.24, 2.45) is 4.99 Å². The van der Waals surface area contributed by atoms with Crippen LogP contribution in [0.2, 0.25) is 0 Å². The van der Waals surface area contributed by atoms with Crippen molar-refractivity contribution in [2.75, 3.05) is 6.54 Å². The van der Waals surface area contributed by atoms with Crippen LogP contribution in [-0.4, -0.2) is 17.7 Å². The fourth-order valence-electron chi connectivity index (χ4n) is 2.56. The Labute approximate surface area is 164 Å². The largest absolute Gasteiger partial charge is 0.364 e. The van der Waals surface area contributed by atoms with Crippen LogP contribution in [0.4, 0.5) is 0 Å². The first-order valence-electron chi connectivity index (χ1n) is 8.19. The van der Waals surface area contributed by atoms with Crippen molar-refractivity contribution in [3.05, 3.63) is 66.1 Å². The summed E-state index contributed by atoms with van der Waals surface area (Å²) in [6, 6.07) is 16.9. The maximum absolute atomic E-state index is 4.84. The second-order valence-electron chi connectivity index (χ2n) is 5.66. The van der Waals surface area contributed by atoms with E-state index < -0.39 is 0 Å². The highest BCUT2D eigenvalue weighted by Crippen LogP contribution is 2.20. The standard InChI is InChI=1S/C19H22N4O.HI/c1-3-20-19(21-13-18-10-11-24-23-18)22-14(2)16-9-8-15-6-4-5-7-17(15)12-16;/h4-12,14H,3,13H2,1-2H3,(H2,20,21,22);1H. The van der Waals surface area contributed by atoms with Crippen LogP contribution in [-0.2, 0) is 6.54 Å². The molecule has 1 unspecified atom stereocenters. The number of rotatable bonds is 5. The number of nitrogens with zero attached hydrogens (tertiary/aromatic N) is 2. The molecule has 6 heteroatoms. The number of aromatic nitrogens is 1. The lowest BCUT2D eigenvalue weighted by Crippen LogP contribution is -2.38. The van der Waals surface area contributed by atoms with E-state index in [1.807, 2.05) is 13.0 Å². The third kappa shape index (κ3) is 5.19. The molecule has 3 aromatic rings. The van der Waals surface area contributed by atoms with Crippen molar-refractivity contribution in [3.63, 3.8) is 0 Å². The van der Waals surface area contributed by atoms with Gasteiger partial charge in [-0.25, -0.2) is 4.99 Å². The zero-order valence-electron chi connectivity index (χ0n) is 14.4. The lowest BCUT2D eigenvalue weighted by molar-refractivity contribution is 0.412. The van der Waals surface area contributed by atoms with Crippen LogP contribution in [0.15, 0.2) is 64.3 Å². The number of hydrogen-bond acceptors (Lipinski definition) is 3. The van der Waals surface area contributed by atoms with Crippen molar-refractivity contribution < 1.29 is 4.52 Å². The summed E-state index contributed by atoms with van der Waals surface area (Å²) in [5.41, 5.74) is 2.03. The van der Waals surface area contributed by atoms with Gasteiger partial charge in [0.25, 0.3) is 0 Å². The average molecular weight is 450 g/mol. The smallest absolute Gasteiger partial charge is 0.192 e. The van der Waals surface area contributed by atoms with Crippen LogP contribution in [0.3, 0.4) is 0 Å². The van der Waals surface area contributed by atoms with Crippen LogP contribution in [0.25, 0.3) is 10.8 Å². The Morgan fingerprint density at radius 3 is 2.68 bits per heavy atom. The van der Waals surface area contributed by atoms with E-state index in [0.717, 1.165) is 18.2 Å². The fourth-order valence-corrected chi connectivity index (χ4v) is 2.56. The third-order valence-electron chi connectivity index (χ3n) is 3.86. The van der Waals surface area contributed by atoms with E-state index in [9.17, 15) is 0 Å². The van der Waals surface area contributed by atoms with E-state index >= 15 is 0 Å². The minimum atomic E-state index is 0. The minimum Gasteiger partial charge on any atom is -0.364 e. The monoisotopic (exact) mass is 450 g/mol. The molecule has 0 spiro atoms. The van der Waals surface area contributed by atoms with Crippen molar-refractivity contribution in [1.29, 1.82) is 0 Å². The van der Waals surface area contributed by atoms with Gasteiger partial charge in [0.05, 0.1) is 12.6 Å². The highest BCUT2D eigenvalue weighted by atomic mass is 127. The van der Waals surface area contributed by atoms with Crippen LogP contribution in [0, 0.1) is 0 Å². The van der Waals surface area contributed by atoms with Gasteiger partial charge in [-0.2, -0.15) is 0 Å². The molecule has 2 N–H and O–H groups in total. The molecule has 3 rings (SSSR count). The molecule has 0 saturated carbocycles. The number of aliphatic imine (C=N–C) groups is 1. The zero-order valence-corrected chi connectivity index (χ0v) is 16.7. The molecule has 0 fully saturated rings. The van der Waals surface area contributed by atoms with Crippen molar-refractivity contribution in [3.8, 4) is 0 Å². The molecule has 25 heavy (non-hydrogen) atoms. The molecule has 1 atom stereocenters. The molecule has 0 radical (unpaired) electrons. The molecule has 0 amide bonds. The van der Waals surface area contributed by atoms with E-state index in [0.29, 0.717) is 6.54 Å². The van der Waals surface area contributed by atoms with Crippen LogP contribution in [0.5, 0.6) is 0 Å². The Hall–Kier alpha value is -2.09. The number of benzene rings is 2. The average Bonchev–Trinajstić information content (AvgIpc) is 3.13. The van der Waals surface area contributed by atoms with E-state index in [1.54, 1.807) is 6.26 Å². The van der Waals surface area contributed by atoms with Crippen molar-refractivity contribution >= 4 is 40.7 Å². The quantitative estimate of drug-likeness (QED) is 0.347. The molecular formula is C19H23IN4O. The van der Waals surface area contributed by atoms with Gasteiger partial charge in [0, 0.05) is 12.6 Å². The molecule has 0 aliphatic heterocycles. The molecule has 132 valence electrons. The summed E-state index contributed by atoms with van der Waals surface area (Å²) in [7, 11) is 0. The summed E-state index contributed by atoms with van der Waals surface area (Å²) in [6.45, 7) is 5.46. The lowest BCUT2D eigenvalue weighted by Gasteiger charge is -2.18. The summed E-state index contributed by atoms with van der Waals surface area (Å²) in [6.07, 6.45) is 1.56. The van der Waals surface area contributed by atoms with E-state index in [4.69, 9.17) is 4.52 Å². The van der Waals surface area contributed by atoms with Crippen LogP contribution >= 0.6 is 24.0 Å². The van der Waals surface area contributed by atoms with E-state index in [2.05, 4.69) is 70.2 Å². The third-order valence-corrected chi connectivity index (χ3v) is 3.86. The molecule has 0 saturated heterocycles. The van der Waals surface area contributed by atoms with Gasteiger partial charge in [0.15, 0.2) is 5.96 Å². The second-order valence-corrected chi connectivity index (χ2v) is 5.66. The molecule has 0 bridgehead atoms. The van der Waals surface area contributed by atoms with E-state index in [1.165, 1.54) is 16.3 Å². The highest BCUT2D eigenvalue weighted by Gasteiger charge is 2.08. The van der Waals surface area contributed by atoms with Gasteiger partial charge >= 0.3 is 0 Å². The summed E-state index contributed by atoms with van der Waals surface area (Å²) in [4.78, 5) is 4.56. The maximum Gasteiger partial charge on any atom is 0.192 e. The molecule has 0 aliphatic rings. The van der Waals surface area contributed by atoms with Gasteiger partial charge in [-0.15, -0.1) is 24.0 Å². The fraction of sp³-hybridized carbons (Fsp3) is 0.263.